The minimum atomic E-state index is -1.19. The molecule has 1 fully saturated rings. The fourth-order valence-electron chi connectivity index (χ4n) is 5.86. The Labute approximate surface area is 247 Å². The minimum absolute atomic E-state index is 0.0514. The van der Waals surface area contributed by atoms with E-state index in [0.29, 0.717) is 25.2 Å². The first-order valence-electron chi connectivity index (χ1n) is 14.6. The summed E-state index contributed by atoms with van der Waals surface area (Å²) in [6, 6.07) is 18.4. The molecule has 0 aliphatic carbocycles. The maximum Gasteiger partial charge on any atom is 0.417 e. The summed E-state index contributed by atoms with van der Waals surface area (Å²) in [6.07, 6.45) is 0.495. The van der Waals surface area contributed by atoms with Gasteiger partial charge in [0.05, 0.1) is 19.3 Å². The van der Waals surface area contributed by atoms with Crippen molar-refractivity contribution in [1.82, 2.24) is 4.90 Å². The molecule has 1 saturated heterocycles. The van der Waals surface area contributed by atoms with Crippen LogP contribution in [0.1, 0.15) is 61.6 Å². The summed E-state index contributed by atoms with van der Waals surface area (Å²) >= 11 is 0. The Balaban J connectivity index is 1.72. The molecule has 1 aromatic heterocycles. The van der Waals surface area contributed by atoms with Crippen LogP contribution in [0.5, 0.6) is 0 Å². The van der Waals surface area contributed by atoms with Gasteiger partial charge in [0, 0.05) is 18.6 Å². The zero-order valence-electron chi connectivity index (χ0n) is 25.1. The highest BCUT2D eigenvalue weighted by molar-refractivity contribution is 6.12. The number of carbonyl (C=O) groups excluding carboxylic acids is 3. The number of rotatable bonds is 13. The number of hydrogen-bond donors (Lipinski definition) is 1. The smallest absolute Gasteiger partial charge is 0.417 e. The normalized spacial score (nSPS) is 17.0. The van der Waals surface area contributed by atoms with Gasteiger partial charge >= 0.3 is 6.09 Å². The summed E-state index contributed by atoms with van der Waals surface area (Å²) in [4.78, 5) is 42.6. The highest BCUT2D eigenvalue weighted by Crippen LogP contribution is 2.37. The second-order valence-corrected chi connectivity index (χ2v) is 11.7. The molecule has 0 saturated carbocycles. The third-order valence-electron chi connectivity index (χ3n) is 7.61. The van der Waals surface area contributed by atoms with Crippen LogP contribution in [0.3, 0.4) is 0 Å². The Kier molecular flexibility index (Phi) is 10.0. The first-order valence-corrected chi connectivity index (χ1v) is 14.6. The number of ether oxygens (including phenoxy) is 2. The Morgan fingerprint density at radius 3 is 2.45 bits per heavy atom. The van der Waals surface area contributed by atoms with E-state index in [2.05, 4.69) is 0 Å². The van der Waals surface area contributed by atoms with Crippen LogP contribution in [0, 0.1) is 18.8 Å². The number of carbonyl (C=O) groups is 3. The fraction of sp³-hybridized carbons (Fsp3) is 0.441. The summed E-state index contributed by atoms with van der Waals surface area (Å²) in [6.45, 7) is 10.1. The van der Waals surface area contributed by atoms with E-state index in [9.17, 15) is 14.4 Å². The number of benzene rings is 2. The van der Waals surface area contributed by atoms with E-state index < -0.39 is 35.3 Å². The van der Waals surface area contributed by atoms with Crippen molar-refractivity contribution >= 4 is 17.8 Å². The number of Topliss-reactive ketones (excluding diaryl/α,β-unsaturated/α-hetero) is 1. The molecule has 1 aliphatic rings. The van der Waals surface area contributed by atoms with Crippen LogP contribution in [0.4, 0.5) is 4.79 Å². The van der Waals surface area contributed by atoms with Crippen LogP contribution >= 0.6 is 0 Å². The maximum atomic E-state index is 14.2. The largest absolute Gasteiger partial charge is 0.457 e. The molecule has 2 atom stereocenters. The van der Waals surface area contributed by atoms with E-state index >= 15 is 0 Å². The van der Waals surface area contributed by atoms with Gasteiger partial charge in [-0.25, -0.2) is 9.69 Å². The number of amides is 2. The molecule has 1 N–H and O–H groups in total. The monoisotopic (exact) mass is 575 g/mol. The number of aliphatic hydroxyl groups excluding tert-OH is 1. The van der Waals surface area contributed by atoms with Crippen molar-refractivity contribution in [1.29, 1.82) is 0 Å². The Hall–Kier alpha value is -3.75. The van der Waals surface area contributed by atoms with Gasteiger partial charge in [0.1, 0.15) is 17.3 Å². The van der Waals surface area contributed by atoms with Crippen molar-refractivity contribution in [3.8, 4) is 11.1 Å². The predicted octanol–water partition coefficient (Wildman–Crippen LogP) is 6.02. The molecule has 2 amide bonds. The molecule has 8 nitrogen and oxygen atoms in total. The van der Waals surface area contributed by atoms with E-state index in [4.69, 9.17) is 19.0 Å². The van der Waals surface area contributed by atoms with Crippen molar-refractivity contribution in [2.24, 2.45) is 11.8 Å². The Morgan fingerprint density at radius 1 is 1.05 bits per heavy atom. The summed E-state index contributed by atoms with van der Waals surface area (Å²) in [5, 5.41) is 9.00. The Bertz CT molecular complexity index is 1390. The molecule has 8 heteroatoms. The first kappa shape index (κ1) is 31.2. The van der Waals surface area contributed by atoms with Gasteiger partial charge in [-0.15, -0.1) is 0 Å². The minimum Gasteiger partial charge on any atom is -0.457 e. The number of nitrogens with zero attached hydrogens (tertiary/aromatic N) is 1. The van der Waals surface area contributed by atoms with Crippen LogP contribution < -0.4 is 0 Å². The van der Waals surface area contributed by atoms with E-state index in [1.165, 1.54) is 0 Å². The van der Waals surface area contributed by atoms with Crippen LogP contribution in [-0.4, -0.2) is 59.3 Å². The van der Waals surface area contributed by atoms with Gasteiger partial charge in [-0.1, -0.05) is 74.0 Å². The van der Waals surface area contributed by atoms with E-state index in [1.54, 1.807) is 19.9 Å². The predicted molar refractivity (Wildman–Crippen MR) is 159 cm³/mol. The molecule has 4 rings (SSSR count). The molecule has 1 aliphatic heterocycles. The van der Waals surface area contributed by atoms with E-state index in [1.807, 2.05) is 75.4 Å². The number of imide groups is 1. The van der Waals surface area contributed by atoms with Crippen LogP contribution in [0.25, 0.3) is 11.1 Å². The number of aliphatic hydroxyl groups is 1. The van der Waals surface area contributed by atoms with Gasteiger partial charge in [-0.2, -0.15) is 0 Å². The highest BCUT2D eigenvalue weighted by atomic mass is 16.6. The van der Waals surface area contributed by atoms with Gasteiger partial charge in [0.2, 0.25) is 11.7 Å². The molecule has 0 spiro atoms. The molecule has 2 unspecified atom stereocenters. The molecule has 3 aromatic rings. The maximum absolute atomic E-state index is 14.2. The molecule has 42 heavy (non-hydrogen) atoms. The number of furan rings is 1. The average Bonchev–Trinajstić information content (AvgIpc) is 3.48. The van der Waals surface area contributed by atoms with Crippen molar-refractivity contribution < 1.29 is 33.4 Å². The topological polar surface area (TPSA) is 106 Å². The number of hydrogen-bond acceptors (Lipinski definition) is 7. The van der Waals surface area contributed by atoms with Crippen LogP contribution in [0.15, 0.2) is 65.1 Å². The molecule has 0 bridgehead atoms. The lowest BCUT2D eigenvalue weighted by Crippen LogP contribution is -2.51. The molecular formula is C34H41NO7. The number of cyclic esters (lactones) is 1. The molecule has 224 valence electrons. The second kappa shape index (κ2) is 13.5. The molecule has 2 heterocycles. The highest BCUT2D eigenvalue weighted by Gasteiger charge is 2.54. The fourth-order valence-corrected chi connectivity index (χ4v) is 5.86. The van der Waals surface area contributed by atoms with Crippen molar-refractivity contribution in [2.75, 3.05) is 19.8 Å². The van der Waals surface area contributed by atoms with Crippen molar-refractivity contribution in [3.63, 3.8) is 0 Å². The van der Waals surface area contributed by atoms with Gasteiger partial charge in [-0.05, 0) is 56.7 Å². The van der Waals surface area contributed by atoms with E-state index in [0.717, 1.165) is 27.2 Å². The summed E-state index contributed by atoms with van der Waals surface area (Å²) in [7, 11) is 0. The molecule has 2 aromatic carbocycles. The lowest BCUT2D eigenvalue weighted by molar-refractivity contribution is -0.133. The third-order valence-corrected chi connectivity index (χ3v) is 7.61. The first-order chi connectivity index (χ1) is 20.0. The SMILES string of the molecule is Cc1cccc(-c2cc(C(=O)C(Cc3ccccc3)C(=O)N3C(=O)OC(C)(C)C3C(C)C)oc2CCCOCCO)c1. The van der Waals surface area contributed by atoms with Gasteiger partial charge in [0.25, 0.3) is 0 Å². The van der Waals surface area contributed by atoms with Gasteiger partial charge in [-0.3, -0.25) is 9.59 Å². The number of aryl methyl sites for hydroxylation is 2. The van der Waals surface area contributed by atoms with Crippen molar-refractivity contribution in [3.05, 3.63) is 83.3 Å². The average molecular weight is 576 g/mol. The third kappa shape index (κ3) is 6.99. The summed E-state index contributed by atoms with van der Waals surface area (Å²) in [5.41, 5.74) is 2.64. The lowest BCUT2D eigenvalue weighted by atomic mass is 9.86. The zero-order chi connectivity index (χ0) is 30.4. The second-order valence-electron chi connectivity index (χ2n) is 11.7. The van der Waals surface area contributed by atoms with Gasteiger partial charge < -0.3 is 19.0 Å². The number of ketones is 1. The standard InChI is InChI=1S/C34H41NO7/c1-22(2)31-34(4,5)42-33(39)35(31)32(38)27(20-24-12-7-6-8-13-24)30(37)29-21-26(25-14-9-11-23(3)19-25)28(41-29)15-10-17-40-18-16-36/h6-9,11-14,19,21-22,27,31,36H,10,15-18,20H2,1-5H3. The summed E-state index contributed by atoms with van der Waals surface area (Å²) in [5.74, 6) is -1.67. The summed E-state index contributed by atoms with van der Waals surface area (Å²) < 4.78 is 17.2. The molecule has 0 radical (unpaired) electrons. The zero-order valence-corrected chi connectivity index (χ0v) is 25.1. The van der Waals surface area contributed by atoms with Gasteiger partial charge in [0.15, 0.2) is 5.76 Å². The van der Waals surface area contributed by atoms with Crippen LogP contribution in [0.2, 0.25) is 0 Å². The van der Waals surface area contributed by atoms with Crippen molar-refractivity contribution in [2.45, 2.75) is 65.5 Å². The Morgan fingerprint density at radius 2 is 1.79 bits per heavy atom. The van der Waals surface area contributed by atoms with Crippen LogP contribution in [-0.2, 0) is 27.1 Å². The van der Waals surface area contributed by atoms with E-state index in [-0.39, 0.29) is 31.3 Å². The lowest BCUT2D eigenvalue weighted by Gasteiger charge is -2.32. The molecular weight excluding hydrogens is 534 g/mol. The quantitative estimate of drug-likeness (QED) is 0.151.